The molecule has 192 valence electrons. The highest BCUT2D eigenvalue weighted by molar-refractivity contribution is 6.74. The maximum absolute atomic E-state index is 11.9. The second-order valence-corrected chi connectivity index (χ2v) is 18.9. The number of rotatable bonds is 5. The van der Waals surface area contributed by atoms with Gasteiger partial charge in [-0.1, -0.05) is 48.0 Å². The quantitative estimate of drug-likeness (QED) is 0.441. The molecule has 4 fully saturated rings. The smallest absolute Gasteiger partial charge is 0.191 e. The Hall–Kier alpha value is 0.0569. The van der Waals surface area contributed by atoms with Gasteiger partial charge in [-0.2, -0.15) is 0 Å². The topological polar surface area (TPSA) is 47.9 Å². The van der Waals surface area contributed by atoms with E-state index >= 15 is 0 Å². The van der Waals surface area contributed by atoms with Gasteiger partial charge in [0.1, 0.15) is 0 Å². The second-order valence-electron chi connectivity index (χ2n) is 14.1. The highest BCUT2D eigenvalue weighted by atomic mass is 28.4. The Balaban J connectivity index is 1.49. The summed E-state index contributed by atoms with van der Waals surface area (Å²) in [5.74, 6) is 1.62. The van der Waals surface area contributed by atoms with E-state index in [2.05, 4.69) is 54.6 Å². The molecule has 0 aromatic carbocycles. The molecule has 0 bridgehead atoms. The van der Waals surface area contributed by atoms with Gasteiger partial charge in [0.2, 0.25) is 0 Å². The third-order valence-corrected chi connectivity index (χ3v) is 15.9. The lowest BCUT2D eigenvalue weighted by Gasteiger charge is -2.57. The van der Waals surface area contributed by atoms with Crippen LogP contribution in [-0.2, 0) is 13.9 Å². The van der Waals surface area contributed by atoms with E-state index in [1.807, 2.05) is 0 Å². The van der Waals surface area contributed by atoms with E-state index in [1.165, 1.54) is 19.3 Å². The Labute approximate surface area is 204 Å². The maximum Gasteiger partial charge on any atom is 0.191 e. The molecule has 33 heavy (non-hydrogen) atoms. The van der Waals surface area contributed by atoms with Gasteiger partial charge >= 0.3 is 0 Å². The molecule has 3 saturated carbocycles. The lowest BCUT2D eigenvalue weighted by atomic mass is 9.50. The summed E-state index contributed by atoms with van der Waals surface area (Å²) >= 11 is 0. The predicted octanol–water partition coefficient (Wildman–Crippen LogP) is 6.77. The van der Waals surface area contributed by atoms with E-state index in [0.29, 0.717) is 25.0 Å². The SMILES string of the molecule is C[C@H]1CC[C@](C)([C@H]2CC[C@@]3(C)[C@@H](CCC34OCCO4)[C@@H]2O)[C@@H](CCO[Si](C)(C)C(C)(C)C)C1. The Morgan fingerprint density at radius 3 is 2.24 bits per heavy atom. The first-order chi connectivity index (χ1) is 15.3. The summed E-state index contributed by atoms with van der Waals surface area (Å²) in [5.41, 5.74) is 0.135. The summed E-state index contributed by atoms with van der Waals surface area (Å²) in [6.45, 7) is 21.3. The Morgan fingerprint density at radius 1 is 0.970 bits per heavy atom. The van der Waals surface area contributed by atoms with Gasteiger partial charge in [0, 0.05) is 18.4 Å². The van der Waals surface area contributed by atoms with Crippen LogP contribution in [0, 0.1) is 34.5 Å². The average Bonchev–Trinajstić information content (AvgIpc) is 3.31. The molecule has 1 N–H and O–H groups in total. The number of fused-ring (bicyclic) bond motifs is 2. The summed E-state index contributed by atoms with van der Waals surface area (Å²) in [4.78, 5) is 0. The molecule has 5 heteroatoms. The van der Waals surface area contributed by atoms with Gasteiger partial charge in [-0.15, -0.1) is 0 Å². The molecule has 4 nitrogen and oxygen atoms in total. The van der Waals surface area contributed by atoms with Crippen molar-refractivity contribution in [2.75, 3.05) is 19.8 Å². The van der Waals surface area contributed by atoms with Gasteiger partial charge in [-0.25, -0.2) is 0 Å². The minimum atomic E-state index is -1.73. The van der Waals surface area contributed by atoms with Crippen molar-refractivity contribution in [3.63, 3.8) is 0 Å². The van der Waals surface area contributed by atoms with Crippen LogP contribution >= 0.6 is 0 Å². The fourth-order valence-corrected chi connectivity index (χ4v) is 9.01. The molecule has 1 heterocycles. The number of ether oxygens (including phenoxy) is 2. The van der Waals surface area contributed by atoms with E-state index in [1.54, 1.807) is 0 Å². The van der Waals surface area contributed by atoms with Crippen molar-refractivity contribution in [2.24, 2.45) is 34.5 Å². The minimum Gasteiger partial charge on any atom is -0.417 e. The monoisotopic (exact) mass is 480 g/mol. The van der Waals surface area contributed by atoms with E-state index in [-0.39, 0.29) is 27.9 Å². The zero-order valence-corrected chi connectivity index (χ0v) is 23.8. The molecule has 0 aromatic rings. The summed E-state index contributed by atoms with van der Waals surface area (Å²) in [5, 5.41) is 12.1. The first kappa shape index (κ1) is 26.1. The largest absolute Gasteiger partial charge is 0.417 e. The van der Waals surface area contributed by atoms with E-state index in [4.69, 9.17) is 13.9 Å². The summed E-state index contributed by atoms with van der Waals surface area (Å²) < 4.78 is 19.1. The Kier molecular flexibility index (Phi) is 7.02. The zero-order valence-electron chi connectivity index (χ0n) is 22.8. The van der Waals surface area contributed by atoms with Gasteiger partial charge in [0.15, 0.2) is 14.1 Å². The molecule has 0 aromatic heterocycles. The first-order valence-corrected chi connectivity index (χ1v) is 16.8. The Bertz CT molecular complexity index is 697. The predicted molar refractivity (Wildman–Crippen MR) is 137 cm³/mol. The van der Waals surface area contributed by atoms with Crippen molar-refractivity contribution < 1.29 is 19.0 Å². The molecule has 4 rings (SSSR count). The van der Waals surface area contributed by atoms with Crippen LogP contribution < -0.4 is 0 Å². The number of hydrogen-bond acceptors (Lipinski definition) is 4. The van der Waals surface area contributed by atoms with Gasteiger partial charge in [0.25, 0.3) is 0 Å². The third kappa shape index (κ3) is 4.30. The van der Waals surface area contributed by atoms with E-state index in [0.717, 1.165) is 44.6 Å². The van der Waals surface area contributed by atoms with Gasteiger partial charge in [-0.3, -0.25) is 0 Å². The van der Waals surface area contributed by atoms with Crippen LogP contribution in [0.2, 0.25) is 18.1 Å². The highest BCUT2D eigenvalue weighted by Crippen LogP contribution is 2.65. The summed E-state index contributed by atoms with van der Waals surface area (Å²) in [7, 11) is -1.73. The summed E-state index contributed by atoms with van der Waals surface area (Å²) in [6, 6.07) is 0. The highest BCUT2D eigenvalue weighted by Gasteiger charge is 2.66. The molecular weight excluding hydrogens is 428 g/mol. The van der Waals surface area contributed by atoms with E-state index in [9.17, 15) is 5.11 Å². The molecule has 1 spiro atoms. The third-order valence-electron chi connectivity index (χ3n) is 11.4. The molecule has 4 aliphatic rings. The molecule has 0 unspecified atom stereocenters. The average molecular weight is 481 g/mol. The van der Waals surface area contributed by atoms with Crippen LogP contribution in [-0.4, -0.2) is 45.1 Å². The zero-order chi connectivity index (χ0) is 24.3. The van der Waals surface area contributed by atoms with Gasteiger partial charge in [0.05, 0.1) is 19.3 Å². The minimum absolute atomic E-state index is 0.0569. The van der Waals surface area contributed by atoms with Crippen molar-refractivity contribution in [3.8, 4) is 0 Å². The van der Waals surface area contributed by atoms with E-state index < -0.39 is 14.1 Å². The lowest BCUT2D eigenvalue weighted by Crippen LogP contribution is -2.57. The van der Waals surface area contributed by atoms with Crippen molar-refractivity contribution >= 4 is 8.32 Å². The molecule has 1 aliphatic heterocycles. The molecule has 3 aliphatic carbocycles. The fraction of sp³-hybridized carbons (Fsp3) is 1.00. The maximum atomic E-state index is 11.9. The molecule has 1 saturated heterocycles. The van der Waals surface area contributed by atoms with Crippen LogP contribution in [0.25, 0.3) is 0 Å². The second kappa shape index (κ2) is 8.87. The van der Waals surface area contributed by atoms with Gasteiger partial charge < -0.3 is 19.0 Å². The Morgan fingerprint density at radius 2 is 1.61 bits per heavy atom. The van der Waals surface area contributed by atoms with Crippen LogP contribution in [0.5, 0.6) is 0 Å². The standard InChI is InChI=1S/C28H52O4Si/c1-20-9-13-26(5,21(19-20)12-16-32-33(7,8)25(2,3)4)22-10-14-27(6)23(24(22)29)11-15-28(27)30-17-18-31-28/h20-24,29H,9-19H2,1-8H3/t20-,21-,22-,23-,24+,26-,27-/m0/s1. The van der Waals surface area contributed by atoms with Crippen LogP contribution in [0.3, 0.4) is 0 Å². The number of hydrogen-bond donors (Lipinski definition) is 1. The van der Waals surface area contributed by atoms with Crippen LogP contribution in [0.4, 0.5) is 0 Å². The summed E-state index contributed by atoms with van der Waals surface area (Å²) in [6.07, 6.45) is 8.85. The normalized spacial score (nSPS) is 43.7. The fourth-order valence-electron chi connectivity index (χ4n) is 7.95. The molecular formula is C28H52O4Si. The van der Waals surface area contributed by atoms with Crippen LogP contribution in [0.1, 0.15) is 92.9 Å². The van der Waals surface area contributed by atoms with Crippen molar-refractivity contribution in [1.29, 1.82) is 0 Å². The van der Waals surface area contributed by atoms with Gasteiger partial charge in [-0.05, 0) is 85.7 Å². The van der Waals surface area contributed by atoms with Crippen molar-refractivity contribution in [2.45, 2.75) is 123 Å². The first-order valence-electron chi connectivity index (χ1n) is 13.9. The number of aliphatic hydroxyl groups excluding tert-OH is 1. The van der Waals surface area contributed by atoms with Crippen molar-refractivity contribution in [1.82, 2.24) is 0 Å². The van der Waals surface area contributed by atoms with Crippen molar-refractivity contribution in [3.05, 3.63) is 0 Å². The lowest BCUT2D eigenvalue weighted by molar-refractivity contribution is -0.250. The van der Waals surface area contributed by atoms with Crippen LogP contribution in [0.15, 0.2) is 0 Å². The molecule has 7 atom stereocenters. The molecule has 0 radical (unpaired) electrons. The molecule has 0 amide bonds. The number of aliphatic hydroxyl groups is 1.